The van der Waals surface area contributed by atoms with Crippen molar-refractivity contribution in [3.63, 3.8) is 0 Å². The Labute approximate surface area is 100 Å². The second-order valence-corrected chi connectivity index (χ2v) is 4.28. The molecule has 1 aromatic carbocycles. The van der Waals surface area contributed by atoms with Gasteiger partial charge in [-0.2, -0.15) is 0 Å². The van der Waals surface area contributed by atoms with Crippen LogP contribution in [0.3, 0.4) is 0 Å². The summed E-state index contributed by atoms with van der Waals surface area (Å²) in [6.45, 7) is 0. The summed E-state index contributed by atoms with van der Waals surface area (Å²) in [6.07, 6.45) is 0.544. The van der Waals surface area contributed by atoms with Crippen molar-refractivity contribution >= 4 is 33.2 Å². The lowest BCUT2D eigenvalue weighted by Gasteiger charge is -2.04. The van der Waals surface area contributed by atoms with Crippen molar-refractivity contribution in [1.82, 2.24) is 0 Å². The number of hydrogen-bond acceptors (Lipinski definition) is 2. The highest BCUT2D eigenvalue weighted by atomic mass is 79.9. The van der Waals surface area contributed by atoms with E-state index in [1.807, 2.05) is 0 Å². The average molecular weight is 293 g/mol. The van der Waals surface area contributed by atoms with E-state index in [1.165, 1.54) is 6.07 Å². The number of halogens is 3. The van der Waals surface area contributed by atoms with Crippen molar-refractivity contribution in [3.05, 3.63) is 34.6 Å². The van der Waals surface area contributed by atoms with Gasteiger partial charge in [0.25, 0.3) is 0 Å². The zero-order valence-electron chi connectivity index (χ0n) is 7.71. The highest BCUT2D eigenvalue weighted by Gasteiger charge is 2.24. The predicted molar refractivity (Wildman–Crippen MR) is 61.2 cm³/mol. The minimum Gasteiger partial charge on any atom is -0.391 e. The fraction of sp³-hybridized carbons (Fsp3) is 0.300. The van der Waals surface area contributed by atoms with E-state index in [-0.39, 0.29) is 11.9 Å². The third kappa shape index (κ3) is 2.16. The molecular formula is C10H8BrClFNO. The fourth-order valence-electron chi connectivity index (χ4n) is 1.43. The van der Waals surface area contributed by atoms with Crippen LogP contribution in [0.2, 0.25) is 5.02 Å². The smallest absolute Gasteiger partial charge is 0.142 e. The van der Waals surface area contributed by atoms with Crippen LogP contribution in [0, 0.1) is 5.82 Å². The van der Waals surface area contributed by atoms with E-state index in [2.05, 4.69) is 21.1 Å². The van der Waals surface area contributed by atoms with Crippen LogP contribution < -0.4 is 0 Å². The lowest BCUT2D eigenvalue weighted by Crippen LogP contribution is -2.10. The average Bonchev–Trinajstić information content (AvgIpc) is 2.66. The van der Waals surface area contributed by atoms with Gasteiger partial charge in [0.15, 0.2) is 0 Å². The monoisotopic (exact) mass is 291 g/mol. The van der Waals surface area contributed by atoms with E-state index in [9.17, 15) is 4.39 Å². The summed E-state index contributed by atoms with van der Waals surface area (Å²) < 4.78 is 13.5. The van der Waals surface area contributed by atoms with Gasteiger partial charge in [0.2, 0.25) is 0 Å². The van der Waals surface area contributed by atoms with Gasteiger partial charge in [-0.25, -0.2) is 4.39 Å². The molecule has 0 saturated carbocycles. The van der Waals surface area contributed by atoms with Crippen LogP contribution in [-0.4, -0.2) is 17.1 Å². The predicted octanol–water partition coefficient (Wildman–Crippen LogP) is 3.37. The van der Waals surface area contributed by atoms with Gasteiger partial charge in [-0.1, -0.05) is 38.8 Å². The molecule has 0 bridgehead atoms. The highest BCUT2D eigenvalue weighted by molar-refractivity contribution is 9.09. The molecule has 1 atom stereocenters. The van der Waals surface area contributed by atoms with E-state index in [0.29, 0.717) is 28.0 Å². The van der Waals surface area contributed by atoms with Crippen molar-refractivity contribution < 1.29 is 9.23 Å². The normalized spacial score (nSPS) is 19.9. The van der Waals surface area contributed by atoms with Gasteiger partial charge in [0.1, 0.15) is 11.9 Å². The summed E-state index contributed by atoms with van der Waals surface area (Å²) in [5.41, 5.74) is 0.921. The number of rotatable bonds is 2. The number of hydrogen-bond donors (Lipinski definition) is 0. The molecule has 80 valence electrons. The Balaban J connectivity index is 2.31. The van der Waals surface area contributed by atoms with Crippen LogP contribution in [0.4, 0.5) is 4.39 Å². The first kappa shape index (κ1) is 10.9. The van der Waals surface area contributed by atoms with Crippen LogP contribution in [-0.2, 0) is 4.84 Å². The molecule has 0 radical (unpaired) electrons. The molecule has 1 heterocycles. The first-order valence-corrected chi connectivity index (χ1v) is 5.95. The Morgan fingerprint density at radius 2 is 2.40 bits per heavy atom. The molecule has 1 aliphatic heterocycles. The van der Waals surface area contributed by atoms with Crippen molar-refractivity contribution in [2.24, 2.45) is 5.16 Å². The SMILES string of the molecule is Fc1cccc(Cl)c1C1=NO[C@@H](CBr)C1. The number of benzene rings is 1. The maximum atomic E-state index is 13.5. The summed E-state index contributed by atoms with van der Waals surface area (Å²) in [5.74, 6) is -0.361. The van der Waals surface area contributed by atoms with E-state index in [0.717, 1.165) is 0 Å². The Hall–Kier alpha value is -0.610. The fourth-order valence-corrected chi connectivity index (χ4v) is 2.05. The first-order valence-electron chi connectivity index (χ1n) is 4.45. The number of oxime groups is 1. The molecule has 1 aliphatic rings. The van der Waals surface area contributed by atoms with E-state index in [4.69, 9.17) is 16.4 Å². The standard InChI is InChI=1S/C10H8BrClFNO/c11-5-6-4-9(14-15-6)10-7(12)2-1-3-8(10)13/h1-3,6H,4-5H2/t6-/m1/s1. The quantitative estimate of drug-likeness (QED) is 0.766. The minimum absolute atomic E-state index is 0.0318. The van der Waals surface area contributed by atoms with Crippen LogP contribution in [0.25, 0.3) is 0 Å². The molecule has 2 nitrogen and oxygen atoms in total. The van der Waals surface area contributed by atoms with Crippen LogP contribution in [0.5, 0.6) is 0 Å². The third-order valence-corrected chi connectivity index (χ3v) is 3.19. The Morgan fingerprint density at radius 3 is 3.00 bits per heavy atom. The zero-order chi connectivity index (χ0) is 10.8. The van der Waals surface area contributed by atoms with Crippen molar-refractivity contribution in [3.8, 4) is 0 Å². The maximum absolute atomic E-state index is 13.5. The maximum Gasteiger partial charge on any atom is 0.142 e. The summed E-state index contributed by atoms with van der Waals surface area (Å²) in [6, 6.07) is 4.58. The van der Waals surface area contributed by atoms with Crippen molar-refractivity contribution in [1.29, 1.82) is 0 Å². The summed E-state index contributed by atoms with van der Waals surface area (Å²) in [4.78, 5) is 5.09. The molecule has 2 rings (SSSR count). The van der Waals surface area contributed by atoms with E-state index < -0.39 is 0 Å². The Morgan fingerprint density at radius 1 is 1.60 bits per heavy atom. The number of alkyl halides is 1. The largest absolute Gasteiger partial charge is 0.391 e. The lowest BCUT2D eigenvalue weighted by molar-refractivity contribution is 0.104. The van der Waals surface area contributed by atoms with Gasteiger partial charge in [-0.05, 0) is 12.1 Å². The van der Waals surface area contributed by atoms with Gasteiger partial charge in [0.05, 0.1) is 16.3 Å². The van der Waals surface area contributed by atoms with E-state index in [1.54, 1.807) is 12.1 Å². The van der Waals surface area contributed by atoms with Gasteiger partial charge in [0, 0.05) is 11.8 Å². The van der Waals surface area contributed by atoms with Gasteiger partial charge in [-0.3, -0.25) is 0 Å². The second-order valence-electron chi connectivity index (χ2n) is 3.22. The molecule has 0 amide bonds. The highest BCUT2D eigenvalue weighted by Crippen LogP contribution is 2.25. The van der Waals surface area contributed by atoms with Crippen LogP contribution in [0.1, 0.15) is 12.0 Å². The topological polar surface area (TPSA) is 21.6 Å². The molecule has 0 aromatic heterocycles. The number of nitrogens with zero attached hydrogens (tertiary/aromatic N) is 1. The minimum atomic E-state index is -0.361. The molecule has 0 unspecified atom stereocenters. The molecule has 0 fully saturated rings. The van der Waals surface area contributed by atoms with Crippen molar-refractivity contribution in [2.75, 3.05) is 5.33 Å². The summed E-state index contributed by atoms with van der Waals surface area (Å²) in [7, 11) is 0. The molecular weight excluding hydrogens is 284 g/mol. The first-order chi connectivity index (χ1) is 7.22. The molecule has 1 aromatic rings. The zero-order valence-corrected chi connectivity index (χ0v) is 10.1. The third-order valence-electron chi connectivity index (χ3n) is 2.16. The van der Waals surface area contributed by atoms with Gasteiger partial charge >= 0.3 is 0 Å². The van der Waals surface area contributed by atoms with Gasteiger partial charge in [-0.15, -0.1) is 0 Å². The van der Waals surface area contributed by atoms with Crippen LogP contribution >= 0.6 is 27.5 Å². The Bertz CT molecular complexity index is 390. The van der Waals surface area contributed by atoms with Gasteiger partial charge < -0.3 is 4.84 Å². The Kier molecular flexibility index (Phi) is 3.26. The molecule has 0 aliphatic carbocycles. The van der Waals surface area contributed by atoms with Crippen molar-refractivity contribution in [2.45, 2.75) is 12.5 Å². The van der Waals surface area contributed by atoms with Crippen LogP contribution in [0.15, 0.2) is 23.4 Å². The summed E-state index contributed by atoms with van der Waals surface area (Å²) >= 11 is 9.20. The molecule has 0 spiro atoms. The molecule has 15 heavy (non-hydrogen) atoms. The lowest BCUT2D eigenvalue weighted by atomic mass is 10.1. The molecule has 5 heteroatoms. The second kappa shape index (κ2) is 4.49. The van der Waals surface area contributed by atoms with E-state index >= 15 is 0 Å². The molecule has 0 saturated heterocycles. The molecule has 0 N–H and O–H groups in total. The summed E-state index contributed by atoms with van der Waals surface area (Å²) in [5, 5.41) is 4.88.